The standard InChI is InChI=1S/C19H31N5O3S/c1-13(2)28(25,26)21-8-10-27-11-9-24-16-12-14(3)22-19(20)18(16)23-17(24)7-6-15-4-5-15/h12-13,15,21H,4-11H2,1-3H3,(H2,20,22). The summed E-state index contributed by atoms with van der Waals surface area (Å²) in [6.45, 7) is 6.96. The molecule has 0 bridgehead atoms. The van der Waals surface area contributed by atoms with Gasteiger partial charge in [-0.3, -0.25) is 0 Å². The summed E-state index contributed by atoms with van der Waals surface area (Å²) in [5.74, 6) is 2.31. The molecule has 156 valence electrons. The smallest absolute Gasteiger partial charge is 0.214 e. The van der Waals surface area contributed by atoms with Crippen LogP contribution in [0.25, 0.3) is 11.0 Å². The second-order valence-electron chi connectivity index (χ2n) is 7.78. The normalized spacial score (nSPS) is 15.0. The lowest BCUT2D eigenvalue weighted by atomic mass is 10.2. The fraction of sp³-hybridized carbons (Fsp3) is 0.684. The van der Waals surface area contributed by atoms with E-state index in [1.807, 2.05) is 13.0 Å². The molecule has 0 radical (unpaired) electrons. The third-order valence-electron chi connectivity index (χ3n) is 5.07. The van der Waals surface area contributed by atoms with E-state index in [-0.39, 0.29) is 6.54 Å². The summed E-state index contributed by atoms with van der Waals surface area (Å²) in [6, 6.07) is 2.01. The Morgan fingerprint density at radius 2 is 2.07 bits per heavy atom. The number of nitrogens with two attached hydrogens (primary N) is 1. The first-order valence-electron chi connectivity index (χ1n) is 9.96. The maximum Gasteiger partial charge on any atom is 0.214 e. The Morgan fingerprint density at radius 3 is 2.75 bits per heavy atom. The van der Waals surface area contributed by atoms with Crippen LogP contribution in [0.4, 0.5) is 5.82 Å². The molecule has 0 unspecified atom stereocenters. The number of ether oxygens (including phenoxy) is 1. The minimum absolute atomic E-state index is 0.274. The van der Waals surface area contributed by atoms with Gasteiger partial charge in [-0.2, -0.15) is 0 Å². The van der Waals surface area contributed by atoms with Gasteiger partial charge in [-0.05, 0) is 39.2 Å². The molecular formula is C19H31N5O3S. The summed E-state index contributed by atoms with van der Waals surface area (Å²) in [4.78, 5) is 9.08. The topological polar surface area (TPSA) is 112 Å². The number of rotatable bonds is 11. The number of aromatic nitrogens is 3. The van der Waals surface area contributed by atoms with Crippen molar-refractivity contribution in [1.29, 1.82) is 0 Å². The van der Waals surface area contributed by atoms with Gasteiger partial charge in [-0.15, -0.1) is 0 Å². The van der Waals surface area contributed by atoms with Crippen LogP contribution < -0.4 is 10.5 Å². The molecule has 3 N–H and O–H groups in total. The average molecular weight is 410 g/mol. The zero-order valence-electron chi connectivity index (χ0n) is 16.9. The lowest BCUT2D eigenvalue weighted by Gasteiger charge is -2.12. The van der Waals surface area contributed by atoms with E-state index in [2.05, 4.69) is 14.3 Å². The Bertz CT molecular complexity index is 919. The van der Waals surface area contributed by atoms with E-state index in [4.69, 9.17) is 15.5 Å². The maximum atomic E-state index is 11.7. The van der Waals surface area contributed by atoms with Crippen molar-refractivity contribution in [3.05, 3.63) is 17.6 Å². The molecule has 2 aromatic rings. The van der Waals surface area contributed by atoms with Crippen LogP contribution in [0.15, 0.2) is 6.07 Å². The van der Waals surface area contributed by atoms with E-state index in [0.717, 1.165) is 41.3 Å². The number of nitrogens with one attached hydrogen (secondary N) is 1. The molecule has 1 aliphatic rings. The van der Waals surface area contributed by atoms with Crippen LogP contribution in [0.2, 0.25) is 0 Å². The Hall–Kier alpha value is -1.71. The molecule has 0 atom stereocenters. The monoisotopic (exact) mass is 409 g/mol. The molecule has 9 heteroatoms. The molecule has 3 rings (SSSR count). The van der Waals surface area contributed by atoms with Crippen LogP contribution in [-0.4, -0.2) is 48.0 Å². The SMILES string of the molecule is Cc1cc2c(nc(CCC3CC3)n2CCOCCNS(=O)(=O)C(C)C)c(N)n1. The number of imidazole rings is 1. The number of pyridine rings is 1. The first kappa shape index (κ1) is 21.0. The number of anilines is 1. The Morgan fingerprint density at radius 1 is 1.32 bits per heavy atom. The predicted octanol–water partition coefficient (Wildman–Crippen LogP) is 2.01. The highest BCUT2D eigenvalue weighted by molar-refractivity contribution is 7.90. The average Bonchev–Trinajstić information content (AvgIpc) is 3.38. The van der Waals surface area contributed by atoms with Crippen molar-refractivity contribution in [2.24, 2.45) is 5.92 Å². The van der Waals surface area contributed by atoms with Crippen molar-refractivity contribution >= 4 is 26.9 Å². The molecule has 0 aromatic carbocycles. The maximum absolute atomic E-state index is 11.7. The van der Waals surface area contributed by atoms with Gasteiger partial charge in [0.2, 0.25) is 10.0 Å². The van der Waals surface area contributed by atoms with Gasteiger partial charge in [0.15, 0.2) is 5.82 Å². The summed E-state index contributed by atoms with van der Waals surface area (Å²) in [5.41, 5.74) is 8.69. The van der Waals surface area contributed by atoms with Gasteiger partial charge < -0.3 is 15.0 Å². The predicted molar refractivity (Wildman–Crippen MR) is 111 cm³/mol. The van der Waals surface area contributed by atoms with E-state index >= 15 is 0 Å². The van der Waals surface area contributed by atoms with E-state index in [0.29, 0.717) is 25.6 Å². The third kappa shape index (κ3) is 5.21. The summed E-state index contributed by atoms with van der Waals surface area (Å²) in [7, 11) is -3.25. The number of nitrogens with zero attached hydrogens (tertiary/aromatic N) is 3. The minimum Gasteiger partial charge on any atom is -0.382 e. The van der Waals surface area contributed by atoms with Crippen molar-refractivity contribution in [2.75, 3.05) is 25.5 Å². The van der Waals surface area contributed by atoms with Crippen molar-refractivity contribution in [1.82, 2.24) is 19.3 Å². The summed E-state index contributed by atoms with van der Waals surface area (Å²) in [6.07, 6.45) is 4.70. The van der Waals surface area contributed by atoms with Crippen LogP contribution in [0, 0.1) is 12.8 Å². The molecular weight excluding hydrogens is 378 g/mol. The van der Waals surface area contributed by atoms with Gasteiger partial charge in [0.1, 0.15) is 11.3 Å². The van der Waals surface area contributed by atoms with E-state index in [1.54, 1.807) is 13.8 Å². The zero-order chi connectivity index (χ0) is 20.3. The minimum atomic E-state index is -3.25. The van der Waals surface area contributed by atoms with Crippen molar-refractivity contribution in [3.63, 3.8) is 0 Å². The van der Waals surface area contributed by atoms with Gasteiger partial charge in [0.25, 0.3) is 0 Å². The highest BCUT2D eigenvalue weighted by atomic mass is 32.2. The van der Waals surface area contributed by atoms with Crippen LogP contribution in [0.3, 0.4) is 0 Å². The number of sulfonamides is 1. The summed E-state index contributed by atoms with van der Waals surface area (Å²) in [5, 5.41) is -0.443. The largest absolute Gasteiger partial charge is 0.382 e. The lowest BCUT2D eigenvalue weighted by molar-refractivity contribution is 0.131. The van der Waals surface area contributed by atoms with E-state index in [1.165, 1.54) is 12.8 Å². The third-order valence-corrected chi connectivity index (χ3v) is 6.92. The molecule has 2 aromatic heterocycles. The molecule has 0 amide bonds. The Kier molecular flexibility index (Phi) is 6.57. The fourth-order valence-corrected chi connectivity index (χ4v) is 3.88. The van der Waals surface area contributed by atoms with E-state index < -0.39 is 15.3 Å². The number of fused-ring (bicyclic) bond motifs is 1. The van der Waals surface area contributed by atoms with Gasteiger partial charge in [-0.1, -0.05) is 12.8 Å². The van der Waals surface area contributed by atoms with Gasteiger partial charge >= 0.3 is 0 Å². The second kappa shape index (κ2) is 8.75. The first-order chi connectivity index (χ1) is 13.3. The highest BCUT2D eigenvalue weighted by Crippen LogP contribution is 2.34. The van der Waals surface area contributed by atoms with Crippen LogP contribution in [-0.2, 0) is 27.7 Å². The van der Waals surface area contributed by atoms with Crippen LogP contribution >= 0.6 is 0 Å². The quantitative estimate of drug-likeness (QED) is 0.549. The Balaban J connectivity index is 1.61. The molecule has 0 aliphatic heterocycles. The van der Waals surface area contributed by atoms with Gasteiger partial charge in [-0.25, -0.2) is 23.1 Å². The van der Waals surface area contributed by atoms with Crippen LogP contribution in [0.1, 0.15) is 44.6 Å². The lowest BCUT2D eigenvalue weighted by Crippen LogP contribution is -2.33. The molecule has 1 saturated carbocycles. The molecule has 0 saturated heterocycles. The Labute approximate surface area is 166 Å². The molecule has 1 aliphatic carbocycles. The van der Waals surface area contributed by atoms with Gasteiger partial charge in [0.05, 0.1) is 24.0 Å². The molecule has 0 spiro atoms. The number of aryl methyl sites for hydroxylation is 2. The van der Waals surface area contributed by atoms with E-state index in [9.17, 15) is 8.42 Å². The van der Waals surface area contributed by atoms with Crippen LogP contribution in [0.5, 0.6) is 0 Å². The first-order valence-corrected chi connectivity index (χ1v) is 11.5. The summed E-state index contributed by atoms with van der Waals surface area (Å²) >= 11 is 0. The molecule has 28 heavy (non-hydrogen) atoms. The number of nitrogen functional groups attached to an aromatic ring is 1. The summed E-state index contributed by atoms with van der Waals surface area (Å²) < 4.78 is 33.9. The number of hydrogen-bond acceptors (Lipinski definition) is 6. The van der Waals surface area contributed by atoms with Crippen molar-refractivity contribution in [3.8, 4) is 0 Å². The zero-order valence-corrected chi connectivity index (χ0v) is 17.8. The van der Waals surface area contributed by atoms with Crippen molar-refractivity contribution < 1.29 is 13.2 Å². The molecule has 1 fully saturated rings. The molecule has 2 heterocycles. The highest BCUT2D eigenvalue weighted by Gasteiger charge is 2.23. The second-order valence-corrected chi connectivity index (χ2v) is 10.1. The van der Waals surface area contributed by atoms with Crippen molar-refractivity contribution in [2.45, 2.75) is 58.2 Å². The fourth-order valence-electron chi connectivity index (χ4n) is 3.18. The molecule has 8 nitrogen and oxygen atoms in total. The van der Waals surface area contributed by atoms with Gasteiger partial charge in [0, 0.05) is 25.2 Å². The number of hydrogen-bond donors (Lipinski definition) is 2.